The molecule has 5 rings (SSSR count). The normalized spacial score (nSPS) is 11.5. The highest BCUT2D eigenvalue weighted by molar-refractivity contribution is 7.22. The molecule has 0 unspecified atom stereocenters. The second-order valence-corrected chi connectivity index (χ2v) is 11.0. The number of nitrogens with one attached hydrogen (secondary N) is 1. The first kappa shape index (κ1) is 30.7. The van der Waals surface area contributed by atoms with Crippen LogP contribution in [0.4, 0.5) is 19.3 Å². The minimum Gasteiger partial charge on any atom is -0.383 e. The number of hydrogen-bond donors (Lipinski definition) is 2. The van der Waals surface area contributed by atoms with Crippen LogP contribution in [0.1, 0.15) is 11.1 Å². The number of thiophene rings is 1. The Balaban J connectivity index is 1.75. The van der Waals surface area contributed by atoms with E-state index >= 15 is 0 Å². The standard InChI is InChI=1S/C28H29F2N9O4S/c1-36(12-13-43-2)14-20-23-25(40)38(11-10-37-16-32-34-35-37)28(42)39(15-19-21(29)4-3-5-22(19)30)26(23)44-24(20)17-6-8-18(9-7-17)33-27(31)41/h3-9,16H,10-15H2,1-2H3,(H3,31,33,41). The van der Waals surface area contributed by atoms with E-state index in [1.807, 2.05) is 11.9 Å². The van der Waals surface area contributed by atoms with Gasteiger partial charge in [-0.2, -0.15) is 0 Å². The van der Waals surface area contributed by atoms with E-state index in [1.54, 1.807) is 31.4 Å². The van der Waals surface area contributed by atoms with Crippen molar-refractivity contribution in [3.63, 3.8) is 0 Å². The molecule has 44 heavy (non-hydrogen) atoms. The van der Waals surface area contributed by atoms with Gasteiger partial charge in [-0.05, 0) is 52.9 Å². The number of aromatic nitrogens is 6. The van der Waals surface area contributed by atoms with Gasteiger partial charge in [0.1, 0.15) is 22.8 Å². The van der Waals surface area contributed by atoms with Crippen LogP contribution in [0.25, 0.3) is 20.7 Å². The molecule has 0 bridgehead atoms. The molecule has 0 saturated carbocycles. The van der Waals surface area contributed by atoms with Crippen LogP contribution in [0, 0.1) is 11.6 Å². The molecule has 0 fully saturated rings. The maximum absolute atomic E-state index is 14.8. The molecule has 0 aliphatic rings. The van der Waals surface area contributed by atoms with Gasteiger partial charge < -0.3 is 15.8 Å². The minimum absolute atomic E-state index is 0.0873. The Morgan fingerprint density at radius 3 is 2.43 bits per heavy atom. The number of fused-ring (bicyclic) bond motifs is 1. The number of tetrazole rings is 1. The highest BCUT2D eigenvalue weighted by Gasteiger charge is 2.25. The Bertz CT molecular complexity index is 1880. The predicted octanol–water partition coefficient (Wildman–Crippen LogP) is 2.47. The van der Waals surface area contributed by atoms with Crippen molar-refractivity contribution in [2.24, 2.45) is 5.73 Å². The molecule has 3 heterocycles. The van der Waals surface area contributed by atoms with E-state index in [2.05, 4.69) is 20.8 Å². The average molecular weight is 626 g/mol. The van der Waals surface area contributed by atoms with E-state index in [0.29, 0.717) is 41.4 Å². The van der Waals surface area contributed by atoms with Gasteiger partial charge in [-0.1, -0.05) is 18.2 Å². The number of carbonyl (C=O) groups is 1. The maximum atomic E-state index is 14.8. The molecule has 0 radical (unpaired) electrons. The summed E-state index contributed by atoms with van der Waals surface area (Å²) in [6.07, 6.45) is 1.35. The number of aryl methyl sites for hydroxylation is 1. The topological polar surface area (TPSA) is 155 Å². The molecule has 2 aromatic carbocycles. The van der Waals surface area contributed by atoms with Gasteiger partial charge in [-0.3, -0.25) is 18.8 Å². The van der Waals surface area contributed by atoms with Crippen molar-refractivity contribution >= 4 is 33.3 Å². The number of benzene rings is 2. The number of halogens is 2. The van der Waals surface area contributed by atoms with Crippen molar-refractivity contribution in [1.82, 2.24) is 34.2 Å². The third-order valence-corrected chi connectivity index (χ3v) is 8.30. The average Bonchev–Trinajstić information content (AvgIpc) is 3.64. The number of nitrogens with zero attached hydrogens (tertiary/aromatic N) is 7. The zero-order valence-corrected chi connectivity index (χ0v) is 24.7. The summed E-state index contributed by atoms with van der Waals surface area (Å²) in [6.45, 7) is 0.858. The van der Waals surface area contributed by atoms with Crippen molar-refractivity contribution in [1.29, 1.82) is 0 Å². The molecule has 3 aromatic heterocycles. The van der Waals surface area contributed by atoms with Crippen LogP contribution in [0.3, 0.4) is 0 Å². The summed E-state index contributed by atoms with van der Waals surface area (Å²) >= 11 is 1.17. The summed E-state index contributed by atoms with van der Waals surface area (Å²) in [5, 5.41) is 13.7. The lowest BCUT2D eigenvalue weighted by molar-refractivity contribution is 0.159. The minimum atomic E-state index is -0.815. The number of nitrogens with two attached hydrogens (primary N) is 1. The summed E-state index contributed by atoms with van der Waals surface area (Å²) < 4.78 is 38.6. The zero-order chi connectivity index (χ0) is 31.4. The van der Waals surface area contributed by atoms with Gasteiger partial charge in [-0.15, -0.1) is 16.4 Å². The molecule has 13 nitrogen and oxygen atoms in total. The fraction of sp³-hybridized carbons (Fsp3) is 0.286. The van der Waals surface area contributed by atoms with Gasteiger partial charge in [-0.25, -0.2) is 23.1 Å². The number of primary amides is 1. The van der Waals surface area contributed by atoms with E-state index in [9.17, 15) is 23.2 Å². The number of hydrogen-bond acceptors (Lipinski definition) is 9. The van der Waals surface area contributed by atoms with Gasteiger partial charge in [0, 0.05) is 36.3 Å². The molecule has 0 aliphatic carbocycles. The summed E-state index contributed by atoms with van der Waals surface area (Å²) in [5.41, 5.74) is 5.46. The van der Waals surface area contributed by atoms with Crippen LogP contribution < -0.4 is 22.3 Å². The number of ether oxygens (including phenoxy) is 1. The van der Waals surface area contributed by atoms with E-state index in [1.165, 1.54) is 33.0 Å². The summed E-state index contributed by atoms with van der Waals surface area (Å²) in [7, 11) is 3.46. The van der Waals surface area contributed by atoms with Gasteiger partial charge in [0.2, 0.25) is 0 Å². The quantitative estimate of drug-likeness (QED) is 0.214. The molecule has 5 aromatic rings. The number of rotatable bonds is 12. The molecule has 0 aliphatic heterocycles. The monoisotopic (exact) mass is 625 g/mol. The Morgan fingerprint density at radius 2 is 1.80 bits per heavy atom. The molecule has 0 atom stereocenters. The smallest absolute Gasteiger partial charge is 0.332 e. The fourth-order valence-corrected chi connectivity index (χ4v) is 6.11. The highest BCUT2D eigenvalue weighted by Crippen LogP contribution is 2.38. The van der Waals surface area contributed by atoms with Crippen LogP contribution >= 0.6 is 11.3 Å². The molecular formula is C28H29F2N9O4S. The van der Waals surface area contributed by atoms with Crippen LogP contribution in [0.5, 0.6) is 0 Å². The van der Waals surface area contributed by atoms with Gasteiger partial charge in [0.25, 0.3) is 5.56 Å². The van der Waals surface area contributed by atoms with Crippen molar-refractivity contribution in [2.75, 3.05) is 32.6 Å². The van der Waals surface area contributed by atoms with E-state index in [4.69, 9.17) is 10.5 Å². The van der Waals surface area contributed by atoms with Crippen LogP contribution in [0.15, 0.2) is 58.4 Å². The van der Waals surface area contributed by atoms with Gasteiger partial charge >= 0.3 is 11.7 Å². The molecule has 230 valence electrons. The van der Waals surface area contributed by atoms with Gasteiger partial charge in [0.05, 0.1) is 31.6 Å². The number of likely N-dealkylation sites (N-methyl/N-ethyl adjacent to an activating group) is 1. The number of methoxy groups -OCH3 is 1. The third-order valence-electron chi connectivity index (χ3n) is 7.00. The Morgan fingerprint density at radius 1 is 1.07 bits per heavy atom. The van der Waals surface area contributed by atoms with Gasteiger partial charge in [0.15, 0.2) is 0 Å². The molecule has 0 spiro atoms. The third kappa shape index (κ3) is 6.41. The lowest BCUT2D eigenvalue weighted by Gasteiger charge is -2.18. The Kier molecular flexibility index (Phi) is 9.22. The van der Waals surface area contributed by atoms with Crippen molar-refractivity contribution in [2.45, 2.75) is 26.2 Å². The first-order valence-electron chi connectivity index (χ1n) is 13.4. The molecule has 16 heteroatoms. The summed E-state index contributed by atoms with van der Waals surface area (Å²) in [6, 6.07) is 9.59. The van der Waals surface area contributed by atoms with Crippen molar-refractivity contribution in [3.05, 3.63) is 92.4 Å². The van der Waals surface area contributed by atoms with Crippen molar-refractivity contribution in [3.8, 4) is 10.4 Å². The number of anilines is 1. The number of carbonyl (C=O) groups excluding carboxylic acids is 1. The van der Waals surface area contributed by atoms with Crippen LogP contribution in [-0.2, 0) is 30.9 Å². The van der Waals surface area contributed by atoms with E-state index in [0.717, 1.165) is 16.7 Å². The Labute approximate surface area is 253 Å². The number of amides is 2. The van der Waals surface area contributed by atoms with Crippen LogP contribution in [-0.4, -0.2) is 67.6 Å². The van der Waals surface area contributed by atoms with E-state index < -0.39 is 35.5 Å². The van der Waals surface area contributed by atoms with Crippen molar-refractivity contribution < 1.29 is 18.3 Å². The molecule has 3 N–H and O–H groups in total. The maximum Gasteiger partial charge on any atom is 0.332 e. The first-order valence-corrected chi connectivity index (χ1v) is 14.3. The molecule has 2 amide bonds. The summed E-state index contributed by atoms with van der Waals surface area (Å²) in [4.78, 5) is 42.3. The SMILES string of the molecule is COCCN(C)Cc1c(-c2ccc(NC(N)=O)cc2)sc2c1c(=O)n(CCn1cnnn1)c(=O)n2Cc1c(F)cccc1F. The van der Waals surface area contributed by atoms with Crippen LogP contribution in [0.2, 0.25) is 0 Å². The second kappa shape index (κ2) is 13.2. The second-order valence-electron chi connectivity index (χ2n) is 9.99. The van der Waals surface area contributed by atoms with E-state index in [-0.39, 0.29) is 28.9 Å². The highest BCUT2D eigenvalue weighted by atomic mass is 32.1. The lowest BCUT2D eigenvalue weighted by atomic mass is 10.1. The first-order chi connectivity index (χ1) is 21.2. The lowest BCUT2D eigenvalue weighted by Crippen LogP contribution is -2.41. The molecular weight excluding hydrogens is 596 g/mol. The zero-order valence-electron chi connectivity index (χ0n) is 23.9. The summed E-state index contributed by atoms with van der Waals surface area (Å²) in [5.74, 6) is -1.63. The predicted molar refractivity (Wildman–Crippen MR) is 160 cm³/mol. The molecule has 0 saturated heterocycles. The largest absolute Gasteiger partial charge is 0.383 e. The Hall–Kier alpha value is -4.80. The fourth-order valence-electron chi connectivity index (χ4n) is 4.81. The number of urea groups is 1.